The molecule has 0 radical (unpaired) electrons. The van der Waals surface area contributed by atoms with E-state index >= 15 is 0 Å². The van der Waals surface area contributed by atoms with Crippen LogP contribution in [0.1, 0.15) is 25.6 Å². The van der Waals surface area contributed by atoms with Gasteiger partial charge in [-0.1, -0.05) is 19.9 Å². The van der Waals surface area contributed by atoms with Crippen molar-refractivity contribution in [1.82, 2.24) is 5.32 Å². The maximum atomic E-state index is 9.87. The summed E-state index contributed by atoms with van der Waals surface area (Å²) in [6.07, 6.45) is -0.481. The van der Waals surface area contributed by atoms with E-state index in [4.69, 9.17) is 9.47 Å². The Morgan fingerprint density at radius 2 is 2.15 bits per heavy atom. The SMILES string of the molecule is COCC(C)OCC(O)CNCC(C)(C)c1cccs1. The lowest BCUT2D eigenvalue weighted by Gasteiger charge is -2.25. The fourth-order valence-electron chi connectivity index (χ4n) is 1.92. The molecule has 1 aromatic heterocycles. The van der Waals surface area contributed by atoms with Crippen LogP contribution < -0.4 is 5.32 Å². The summed E-state index contributed by atoms with van der Waals surface area (Å²) in [5.74, 6) is 0. The molecule has 2 unspecified atom stereocenters. The van der Waals surface area contributed by atoms with E-state index < -0.39 is 6.10 Å². The molecule has 1 rings (SSSR count). The number of rotatable bonds is 10. The molecule has 1 aromatic rings. The van der Waals surface area contributed by atoms with Gasteiger partial charge in [0.2, 0.25) is 0 Å². The second kappa shape index (κ2) is 8.74. The van der Waals surface area contributed by atoms with Crippen LogP contribution in [-0.2, 0) is 14.9 Å². The van der Waals surface area contributed by atoms with Crippen molar-refractivity contribution in [3.05, 3.63) is 22.4 Å². The highest BCUT2D eigenvalue weighted by Gasteiger charge is 2.21. The first kappa shape index (κ1) is 17.6. The van der Waals surface area contributed by atoms with Crippen molar-refractivity contribution in [3.63, 3.8) is 0 Å². The van der Waals surface area contributed by atoms with Gasteiger partial charge in [0, 0.05) is 30.5 Å². The van der Waals surface area contributed by atoms with Crippen LogP contribution in [0, 0.1) is 0 Å². The van der Waals surface area contributed by atoms with Crippen LogP contribution in [0.25, 0.3) is 0 Å². The Morgan fingerprint density at radius 1 is 1.40 bits per heavy atom. The first-order valence-electron chi connectivity index (χ1n) is 6.99. The Balaban J connectivity index is 2.20. The number of methoxy groups -OCH3 is 1. The van der Waals surface area contributed by atoms with Gasteiger partial charge >= 0.3 is 0 Å². The molecule has 0 saturated carbocycles. The molecule has 5 heteroatoms. The zero-order chi connectivity index (χ0) is 15.0. The molecule has 4 nitrogen and oxygen atoms in total. The molecule has 0 aromatic carbocycles. The van der Waals surface area contributed by atoms with Crippen LogP contribution in [0.4, 0.5) is 0 Å². The van der Waals surface area contributed by atoms with Gasteiger partial charge in [0.25, 0.3) is 0 Å². The standard InChI is InChI=1S/C15H27NO3S/c1-12(9-18-4)19-10-13(17)8-16-11-15(2,3)14-6-5-7-20-14/h5-7,12-13,16-17H,8-11H2,1-4H3. The summed E-state index contributed by atoms with van der Waals surface area (Å²) in [5, 5.41) is 15.3. The monoisotopic (exact) mass is 301 g/mol. The fourth-order valence-corrected chi connectivity index (χ4v) is 2.77. The molecule has 0 spiro atoms. The van der Waals surface area contributed by atoms with Gasteiger partial charge in [0.1, 0.15) is 0 Å². The van der Waals surface area contributed by atoms with Gasteiger partial charge in [-0.2, -0.15) is 0 Å². The predicted molar refractivity (Wildman–Crippen MR) is 83.5 cm³/mol. The predicted octanol–water partition coefficient (Wildman–Crippen LogP) is 2.03. The van der Waals surface area contributed by atoms with Crippen molar-refractivity contribution in [2.75, 3.05) is 33.4 Å². The summed E-state index contributed by atoms with van der Waals surface area (Å²) in [5.41, 5.74) is 0.0814. The second-order valence-corrected chi connectivity index (χ2v) is 6.69. The topological polar surface area (TPSA) is 50.7 Å². The molecular weight excluding hydrogens is 274 g/mol. The summed E-state index contributed by atoms with van der Waals surface area (Å²) in [4.78, 5) is 1.35. The number of hydrogen-bond acceptors (Lipinski definition) is 5. The van der Waals surface area contributed by atoms with E-state index in [2.05, 4.69) is 36.7 Å². The van der Waals surface area contributed by atoms with Gasteiger partial charge in [0.05, 0.1) is 25.4 Å². The summed E-state index contributed by atoms with van der Waals surface area (Å²) < 4.78 is 10.5. The van der Waals surface area contributed by atoms with Gasteiger partial charge in [-0.3, -0.25) is 0 Å². The molecule has 0 aliphatic heterocycles. The molecule has 116 valence electrons. The Morgan fingerprint density at radius 3 is 2.75 bits per heavy atom. The number of ether oxygens (including phenoxy) is 2. The van der Waals surface area contributed by atoms with Crippen LogP contribution in [0.2, 0.25) is 0 Å². The van der Waals surface area contributed by atoms with Gasteiger partial charge in [-0.25, -0.2) is 0 Å². The Hall–Kier alpha value is -0.460. The van der Waals surface area contributed by atoms with E-state index in [0.29, 0.717) is 19.8 Å². The van der Waals surface area contributed by atoms with Gasteiger partial charge in [-0.15, -0.1) is 11.3 Å². The van der Waals surface area contributed by atoms with E-state index in [1.54, 1.807) is 18.4 Å². The van der Waals surface area contributed by atoms with Crippen molar-refractivity contribution < 1.29 is 14.6 Å². The lowest BCUT2D eigenvalue weighted by atomic mass is 9.91. The van der Waals surface area contributed by atoms with Gasteiger partial charge in [0.15, 0.2) is 0 Å². The third-order valence-corrected chi connectivity index (χ3v) is 4.35. The van der Waals surface area contributed by atoms with E-state index in [9.17, 15) is 5.11 Å². The molecule has 0 amide bonds. The molecule has 0 saturated heterocycles. The minimum Gasteiger partial charge on any atom is -0.389 e. The van der Waals surface area contributed by atoms with Crippen LogP contribution in [0.5, 0.6) is 0 Å². The number of nitrogens with one attached hydrogen (secondary N) is 1. The highest BCUT2D eigenvalue weighted by Crippen LogP contribution is 2.26. The Kier molecular flexibility index (Phi) is 7.69. The van der Waals surface area contributed by atoms with Crippen molar-refractivity contribution in [3.8, 4) is 0 Å². The smallest absolute Gasteiger partial charge is 0.0897 e. The van der Waals surface area contributed by atoms with Crippen molar-refractivity contribution in [1.29, 1.82) is 0 Å². The first-order chi connectivity index (χ1) is 9.45. The third-order valence-electron chi connectivity index (χ3n) is 3.11. The molecule has 0 aliphatic rings. The number of hydrogen-bond donors (Lipinski definition) is 2. The van der Waals surface area contributed by atoms with Crippen LogP contribution in [0.15, 0.2) is 17.5 Å². The maximum absolute atomic E-state index is 9.87. The van der Waals surface area contributed by atoms with Crippen molar-refractivity contribution >= 4 is 11.3 Å². The van der Waals surface area contributed by atoms with Gasteiger partial charge < -0.3 is 19.9 Å². The summed E-state index contributed by atoms with van der Waals surface area (Å²) in [6, 6.07) is 4.22. The lowest BCUT2D eigenvalue weighted by Crippen LogP contribution is -2.38. The summed E-state index contributed by atoms with van der Waals surface area (Å²) in [6.45, 7) is 8.59. The third kappa shape index (κ3) is 6.33. The first-order valence-corrected chi connectivity index (χ1v) is 7.87. The van der Waals surface area contributed by atoms with Crippen LogP contribution in [0.3, 0.4) is 0 Å². The molecule has 0 fully saturated rings. The molecule has 1 heterocycles. The normalized spacial score (nSPS) is 15.2. The van der Waals surface area contributed by atoms with E-state index in [-0.39, 0.29) is 11.5 Å². The zero-order valence-corrected chi connectivity index (χ0v) is 13.7. The number of aliphatic hydroxyl groups excluding tert-OH is 1. The average molecular weight is 301 g/mol. The molecule has 20 heavy (non-hydrogen) atoms. The van der Waals surface area contributed by atoms with E-state index in [1.165, 1.54) is 4.88 Å². The number of thiophene rings is 1. The zero-order valence-electron chi connectivity index (χ0n) is 12.9. The van der Waals surface area contributed by atoms with E-state index in [0.717, 1.165) is 6.54 Å². The maximum Gasteiger partial charge on any atom is 0.0897 e. The quantitative estimate of drug-likeness (QED) is 0.694. The van der Waals surface area contributed by atoms with Crippen molar-refractivity contribution in [2.45, 2.75) is 38.4 Å². The fraction of sp³-hybridized carbons (Fsp3) is 0.733. The summed E-state index contributed by atoms with van der Waals surface area (Å²) >= 11 is 1.77. The second-order valence-electron chi connectivity index (χ2n) is 5.75. The molecule has 0 bridgehead atoms. The Labute approximate surface area is 126 Å². The highest BCUT2D eigenvalue weighted by molar-refractivity contribution is 7.10. The molecular formula is C15H27NO3S. The highest BCUT2D eigenvalue weighted by atomic mass is 32.1. The van der Waals surface area contributed by atoms with Crippen molar-refractivity contribution in [2.24, 2.45) is 0 Å². The lowest BCUT2D eigenvalue weighted by molar-refractivity contribution is -0.0312. The van der Waals surface area contributed by atoms with Crippen LogP contribution in [-0.4, -0.2) is 50.7 Å². The summed E-state index contributed by atoms with van der Waals surface area (Å²) in [7, 11) is 1.64. The Bertz CT molecular complexity index is 354. The number of aliphatic hydroxyl groups is 1. The largest absolute Gasteiger partial charge is 0.389 e. The minimum atomic E-state index is -0.492. The van der Waals surface area contributed by atoms with Crippen LogP contribution >= 0.6 is 11.3 Å². The molecule has 0 aliphatic carbocycles. The van der Waals surface area contributed by atoms with Gasteiger partial charge in [-0.05, 0) is 18.4 Å². The molecule has 2 atom stereocenters. The minimum absolute atomic E-state index is 0.0113. The molecule has 2 N–H and O–H groups in total. The average Bonchev–Trinajstić information content (AvgIpc) is 2.91. The van der Waals surface area contributed by atoms with E-state index in [1.807, 2.05) is 6.92 Å².